The van der Waals surface area contributed by atoms with Crippen molar-refractivity contribution in [1.82, 2.24) is 19.8 Å². The van der Waals surface area contributed by atoms with Crippen molar-refractivity contribution in [2.75, 3.05) is 4.72 Å². The van der Waals surface area contributed by atoms with Gasteiger partial charge in [0.05, 0.1) is 10.6 Å². The van der Waals surface area contributed by atoms with E-state index in [-0.39, 0.29) is 4.90 Å². The average Bonchev–Trinajstić information content (AvgIpc) is 3.20. The Kier molecular flexibility index (Phi) is 4.91. The van der Waals surface area contributed by atoms with Crippen LogP contribution in [0.2, 0.25) is 0 Å². The van der Waals surface area contributed by atoms with E-state index in [1.807, 2.05) is 73.7 Å². The molecular weight excluding hydrogens is 422 g/mol. The standard InChI is InChI=1S/C24H19N5O2S/c1-17-25-26-24-16-15-23(27-29(17)24)20-7-11-21(12-8-20)28-32(30,31)22-13-9-19(10-14-22)18-5-3-2-4-6-18/h2-16,28H,1H3. The minimum atomic E-state index is -3.70. The van der Waals surface area contributed by atoms with Gasteiger partial charge in [0, 0.05) is 11.3 Å². The largest absolute Gasteiger partial charge is 0.280 e. The third-order valence-corrected chi connectivity index (χ3v) is 6.52. The van der Waals surface area contributed by atoms with Crippen LogP contribution in [0.4, 0.5) is 5.69 Å². The molecule has 0 aliphatic rings. The average molecular weight is 442 g/mol. The molecule has 0 bridgehead atoms. The maximum atomic E-state index is 12.8. The molecule has 0 saturated carbocycles. The van der Waals surface area contributed by atoms with E-state index in [2.05, 4.69) is 20.0 Å². The van der Waals surface area contributed by atoms with E-state index < -0.39 is 10.0 Å². The van der Waals surface area contributed by atoms with Gasteiger partial charge in [0.2, 0.25) is 0 Å². The first-order valence-corrected chi connectivity index (χ1v) is 11.5. The van der Waals surface area contributed by atoms with Crippen LogP contribution < -0.4 is 4.72 Å². The van der Waals surface area contributed by atoms with Crippen molar-refractivity contribution in [3.63, 3.8) is 0 Å². The Morgan fingerprint density at radius 1 is 0.719 bits per heavy atom. The smallest absolute Gasteiger partial charge is 0.261 e. The number of rotatable bonds is 5. The van der Waals surface area contributed by atoms with Crippen LogP contribution in [-0.4, -0.2) is 28.2 Å². The summed E-state index contributed by atoms with van der Waals surface area (Å²) in [6, 6.07) is 27.4. The first-order valence-electron chi connectivity index (χ1n) is 9.97. The Morgan fingerprint density at radius 3 is 2.09 bits per heavy atom. The molecule has 0 unspecified atom stereocenters. The molecule has 0 amide bonds. The number of fused-ring (bicyclic) bond motifs is 1. The van der Waals surface area contributed by atoms with Crippen molar-refractivity contribution < 1.29 is 8.42 Å². The number of sulfonamides is 1. The van der Waals surface area contributed by atoms with E-state index in [0.29, 0.717) is 17.2 Å². The van der Waals surface area contributed by atoms with Crippen LogP contribution in [0.5, 0.6) is 0 Å². The lowest BCUT2D eigenvalue weighted by molar-refractivity contribution is 0.601. The quantitative estimate of drug-likeness (QED) is 0.432. The van der Waals surface area contributed by atoms with Crippen molar-refractivity contribution in [1.29, 1.82) is 0 Å². The lowest BCUT2D eigenvalue weighted by atomic mass is 10.1. The molecule has 0 fully saturated rings. The zero-order valence-electron chi connectivity index (χ0n) is 17.2. The van der Waals surface area contributed by atoms with Crippen molar-refractivity contribution in [3.05, 3.63) is 96.8 Å². The van der Waals surface area contributed by atoms with E-state index in [9.17, 15) is 8.42 Å². The van der Waals surface area contributed by atoms with Gasteiger partial charge in [-0.1, -0.05) is 54.6 Å². The van der Waals surface area contributed by atoms with Gasteiger partial charge in [-0.05, 0) is 54.4 Å². The summed E-state index contributed by atoms with van der Waals surface area (Å²) in [5.41, 5.74) is 4.74. The molecule has 2 aromatic heterocycles. The van der Waals surface area contributed by atoms with E-state index in [0.717, 1.165) is 22.4 Å². The fourth-order valence-corrected chi connectivity index (χ4v) is 4.49. The summed E-state index contributed by atoms with van der Waals surface area (Å²) >= 11 is 0. The van der Waals surface area contributed by atoms with Gasteiger partial charge < -0.3 is 0 Å². The minimum Gasteiger partial charge on any atom is -0.280 e. The maximum Gasteiger partial charge on any atom is 0.261 e. The first-order chi connectivity index (χ1) is 15.5. The predicted molar refractivity (Wildman–Crippen MR) is 124 cm³/mol. The molecule has 0 spiro atoms. The second kappa shape index (κ2) is 7.90. The zero-order valence-corrected chi connectivity index (χ0v) is 18.0. The van der Waals surface area contributed by atoms with Crippen LogP contribution in [0, 0.1) is 6.92 Å². The van der Waals surface area contributed by atoms with E-state index in [1.165, 1.54) is 0 Å². The maximum absolute atomic E-state index is 12.8. The molecule has 5 rings (SSSR count). The van der Waals surface area contributed by atoms with E-state index >= 15 is 0 Å². The molecule has 158 valence electrons. The molecular formula is C24H19N5O2S. The van der Waals surface area contributed by atoms with Gasteiger partial charge >= 0.3 is 0 Å². The van der Waals surface area contributed by atoms with Crippen LogP contribution >= 0.6 is 0 Å². The lowest BCUT2D eigenvalue weighted by Gasteiger charge is -2.10. The number of benzene rings is 3. The highest BCUT2D eigenvalue weighted by Crippen LogP contribution is 2.24. The van der Waals surface area contributed by atoms with Crippen molar-refractivity contribution in [3.8, 4) is 22.4 Å². The topological polar surface area (TPSA) is 89.2 Å². The second-order valence-corrected chi connectivity index (χ2v) is 8.99. The summed E-state index contributed by atoms with van der Waals surface area (Å²) in [5, 5.41) is 12.6. The highest BCUT2D eigenvalue weighted by atomic mass is 32.2. The number of anilines is 1. The SMILES string of the molecule is Cc1nnc2ccc(-c3ccc(NS(=O)(=O)c4ccc(-c5ccccc5)cc4)cc3)nn12. The fraction of sp³-hybridized carbons (Fsp3) is 0.0417. The summed E-state index contributed by atoms with van der Waals surface area (Å²) in [4.78, 5) is 0.205. The third-order valence-electron chi connectivity index (χ3n) is 5.12. The van der Waals surface area contributed by atoms with Crippen LogP contribution in [0.1, 0.15) is 5.82 Å². The molecule has 0 aliphatic carbocycles. The van der Waals surface area contributed by atoms with Gasteiger partial charge in [0.1, 0.15) is 0 Å². The van der Waals surface area contributed by atoms with Gasteiger partial charge in [0.15, 0.2) is 11.5 Å². The summed E-state index contributed by atoms with van der Waals surface area (Å²) in [6.45, 7) is 1.83. The Morgan fingerprint density at radius 2 is 1.38 bits per heavy atom. The van der Waals surface area contributed by atoms with Crippen LogP contribution in [0.15, 0.2) is 95.9 Å². The number of nitrogens with zero attached hydrogens (tertiary/aromatic N) is 4. The molecule has 7 nitrogen and oxygen atoms in total. The molecule has 8 heteroatoms. The predicted octanol–water partition coefficient (Wildman–Crippen LogP) is 4.57. The molecule has 0 atom stereocenters. The Labute approximate surface area is 185 Å². The van der Waals surface area contributed by atoms with Gasteiger partial charge in [0.25, 0.3) is 10.0 Å². The number of aryl methyl sites for hydroxylation is 1. The monoisotopic (exact) mass is 441 g/mol. The number of aromatic nitrogens is 4. The molecule has 0 radical (unpaired) electrons. The first kappa shape index (κ1) is 19.9. The highest BCUT2D eigenvalue weighted by Gasteiger charge is 2.14. The third kappa shape index (κ3) is 3.83. The highest BCUT2D eigenvalue weighted by molar-refractivity contribution is 7.92. The van der Waals surface area contributed by atoms with Crippen LogP contribution in [0.25, 0.3) is 28.0 Å². The van der Waals surface area contributed by atoms with E-state index in [4.69, 9.17) is 0 Å². The van der Waals surface area contributed by atoms with Gasteiger partial charge in [-0.2, -0.15) is 9.61 Å². The van der Waals surface area contributed by atoms with Gasteiger partial charge in [-0.15, -0.1) is 10.2 Å². The Hall–Kier alpha value is -4.04. The summed E-state index contributed by atoms with van der Waals surface area (Å²) < 4.78 is 29.9. The Balaban J connectivity index is 1.35. The molecule has 2 heterocycles. The fourth-order valence-electron chi connectivity index (χ4n) is 3.43. The van der Waals surface area contributed by atoms with Crippen molar-refractivity contribution in [2.24, 2.45) is 0 Å². The summed E-state index contributed by atoms with van der Waals surface area (Å²) in [5.74, 6) is 0.699. The second-order valence-electron chi connectivity index (χ2n) is 7.31. The summed E-state index contributed by atoms with van der Waals surface area (Å²) in [7, 11) is -3.70. The molecule has 0 saturated heterocycles. The molecule has 0 aliphatic heterocycles. The van der Waals surface area contributed by atoms with Crippen molar-refractivity contribution >= 4 is 21.4 Å². The number of nitrogens with one attached hydrogen (secondary N) is 1. The van der Waals surface area contributed by atoms with Crippen LogP contribution in [0.3, 0.4) is 0 Å². The molecule has 1 N–H and O–H groups in total. The van der Waals surface area contributed by atoms with Gasteiger partial charge in [-0.25, -0.2) is 8.42 Å². The van der Waals surface area contributed by atoms with Crippen LogP contribution in [-0.2, 0) is 10.0 Å². The number of hydrogen-bond donors (Lipinski definition) is 1. The Bertz CT molecular complexity index is 1490. The number of hydrogen-bond acceptors (Lipinski definition) is 5. The zero-order chi connectivity index (χ0) is 22.1. The summed E-state index contributed by atoms with van der Waals surface area (Å²) in [6.07, 6.45) is 0. The van der Waals surface area contributed by atoms with Gasteiger partial charge in [-0.3, -0.25) is 4.72 Å². The molecule has 3 aromatic carbocycles. The van der Waals surface area contributed by atoms with Crippen molar-refractivity contribution in [2.45, 2.75) is 11.8 Å². The molecule has 32 heavy (non-hydrogen) atoms. The van der Waals surface area contributed by atoms with E-state index in [1.54, 1.807) is 28.8 Å². The minimum absolute atomic E-state index is 0.205. The lowest BCUT2D eigenvalue weighted by Crippen LogP contribution is -2.12. The molecule has 5 aromatic rings. The normalized spacial score (nSPS) is 11.5.